The second-order valence-electron chi connectivity index (χ2n) is 4.36. The number of hydrogen-bond acceptors (Lipinski definition) is 2. The van der Waals surface area contributed by atoms with Gasteiger partial charge in [0.05, 0.1) is 0 Å². The van der Waals surface area contributed by atoms with Crippen LogP contribution in [0.2, 0.25) is 5.02 Å². The lowest BCUT2D eigenvalue weighted by atomic mass is 10.2. The first kappa shape index (κ1) is 12.6. The number of amidine groups is 1. The first-order chi connectivity index (χ1) is 9.72. The fraction of sp³-hybridized carbons (Fsp3) is 0. The molecule has 1 aliphatic rings. The van der Waals surface area contributed by atoms with Crippen LogP contribution in [0.4, 0.5) is 0 Å². The van der Waals surface area contributed by atoms with Gasteiger partial charge in [-0.3, -0.25) is 4.79 Å². The van der Waals surface area contributed by atoms with E-state index in [0.29, 0.717) is 16.6 Å². The van der Waals surface area contributed by atoms with Gasteiger partial charge in [-0.2, -0.15) is 0 Å². The summed E-state index contributed by atoms with van der Waals surface area (Å²) in [5, 5.41) is 3.41. The molecule has 1 aliphatic heterocycles. The second kappa shape index (κ2) is 5.31. The van der Waals surface area contributed by atoms with Gasteiger partial charge in [0.25, 0.3) is 5.91 Å². The van der Waals surface area contributed by atoms with Crippen LogP contribution < -0.4 is 5.32 Å². The molecule has 20 heavy (non-hydrogen) atoms. The molecule has 3 nitrogen and oxygen atoms in total. The number of hydrogen-bond donors (Lipinski definition) is 1. The number of benzene rings is 2. The van der Waals surface area contributed by atoms with Crippen molar-refractivity contribution in [3.63, 3.8) is 0 Å². The van der Waals surface area contributed by atoms with Crippen molar-refractivity contribution in [1.29, 1.82) is 0 Å². The van der Waals surface area contributed by atoms with Crippen molar-refractivity contribution >= 4 is 29.4 Å². The smallest absolute Gasteiger partial charge is 0.275 e. The summed E-state index contributed by atoms with van der Waals surface area (Å²) in [6, 6.07) is 16.8. The highest BCUT2D eigenvalue weighted by Gasteiger charge is 2.20. The lowest BCUT2D eigenvalue weighted by Gasteiger charge is -1.99. The lowest BCUT2D eigenvalue weighted by molar-refractivity contribution is -0.115. The Kier molecular flexibility index (Phi) is 3.35. The second-order valence-corrected chi connectivity index (χ2v) is 4.80. The van der Waals surface area contributed by atoms with Gasteiger partial charge >= 0.3 is 0 Å². The molecule has 98 valence electrons. The van der Waals surface area contributed by atoms with Gasteiger partial charge in [0.1, 0.15) is 11.5 Å². The van der Waals surface area contributed by atoms with E-state index < -0.39 is 0 Å². The quantitative estimate of drug-likeness (QED) is 0.844. The fourth-order valence-electron chi connectivity index (χ4n) is 1.92. The van der Waals surface area contributed by atoms with Gasteiger partial charge in [-0.05, 0) is 35.9 Å². The fourth-order valence-corrected chi connectivity index (χ4v) is 2.05. The van der Waals surface area contributed by atoms with Gasteiger partial charge in [0.2, 0.25) is 0 Å². The Hall–Kier alpha value is -2.39. The van der Waals surface area contributed by atoms with E-state index in [0.717, 1.165) is 11.1 Å². The van der Waals surface area contributed by atoms with E-state index in [2.05, 4.69) is 10.3 Å². The average Bonchev–Trinajstić information content (AvgIpc) is 2.82. The Morgan fingerprint density at radius 1 is 1.00 bits per heavy atom. The number of carbonyl (C=O) groups excluding carboxylic acids is 1. The van der Waals surface area contributed by atoms with E-state index in [4.69, 9.17) is 11.6 Å². The van der Waals surface area contributed by atoms with Crippen LogP contribution >= 0.6 is 11.6 Å². The third-order valence-corrected chi connectivity index (χ3v) is 3.17. The zero-order valence-corrected chi connectivity index (χ0v) is 11.3. The molecule has 0 aliphatic carbocycles. The van der Waals surface area contributed by atoms with Gasteiger partial charge in [-0.25, -0.2) is 4.99 Å². The van der Waals surface area contributed by atoms with Crippen LogP contribution in [0.25, 0.3) is 6.08 Å². The maximum absolute atomic E-state index is 11.9. The minimum atomic E-state index is -0.196. The summed E-state index contributed by atoms with van der Waals surface area (Å²) < 4.78 is 0. The molecule has 0 saturated carbocycles. The van der Waals surface area contributed by atoms with Crippen LogP contribution in [0.15, 0.2) is 65.3 Å². The summed E-state index contributed by atoms with van der Waals surface area (Å²) in [4.78, 5) is 16.2. The van der Waals surface area contributed by atoms with E-state index in [1.54, 1.807) is 18.2 Å². The number of rotatable bonds is 2. The Bertz CT molecular complexity index is 703. The van der Waals surface area contributed by atoms with Crippen molar-refractivity contribution in [3.8, 4) is 0 Å². The summed E-state index contributed by atoms with van der Waals surface area (Å²) >= 11 is 5.84. The number of carbonyl (C=O) groups is 1. The highest BCUT2D eigenvalue weighted by molar-refractivity contribution is 6.30. The van der Waals surface area contributed by atoms with Gasteiger partial charge in [0.15, 0.2) is 0 Å². The molecule has 2 aromatic rings. The molecule has 0 atom stereocenters. The van der Waals surface area contributed by atoms with Crippen molar-refractivity contribution in [3.05, 3.63) is 76.4 Å². The minimum absolute atomic E-state index is 0.196. The number of nitrogens with zero attached hydrogens (tertiary/aromatic N) is 1. The predicted molar refractivity (Wildman–Crippen MR) is 80.6 cm³/mol. The highest BCUT2D eigenvalue weighted by atomic mass is 35.5. The normalized spacial score (nSPS) is 16.1. The largest absolute Gasteiger partial charge is 0.305 e. The maximum Gasteiger partial charge on any atom is 0.275 e. The molecule has 0 unspecified atom stereocenters. The summed E-state index contributed by atoms with van der Waals surface area (Å²) in [6.45, 7) is 0. The SMILES string of the molecule is O=C1NC(c2ccc(Cl)cc2)=NC1=Cc1ccccc1. The van der Waals surface area contributed by atoms with E-state index >= 15 is 0 Å². The van der Waals surface area contributed by atoms with Crippen molar-refractivity contribution in [2.24, 2.45) is 4.99 Å². The van der Waals surface area contributed by atoms with Crippen molar-refractivity contribution in [1.82, 2.24) is 5.32 Å². The molecule has 4 heteroatoms. The van der Waals surface area contributed by atoms with Gasteiger partial charge in [-0.1, -0.05) is 41.9 Å². The first-order valence-electron chi connectivity index (χ1n) is 6.15. The topological polar surface area (TPSA) is 41.5 Å². The summed E-state index contributed by atoms with van der Waals surface area (Å²) in [6.07, 6.45) is 1.76. The number of nitrogens with one attached hydrogen (secondary N) is 1. The molecule has 1 heterocycles. The van der Waals surface area contributed by atoms with Crippen LogP contribution in [0.5, 0.6) is 0 Å². The van der Waals surface area contributed by atoms with Gasteiger partial charge < -0.3 is 5.32 Å². The van der Waals surface area contributed by atoms with Crippen molar-refractivity contribution in [2.75, 3.05) is 0 Å². The summed E-state index contributed by atoms with van der Waals surface area (Å²) in [5.74, 6) is 0.354. The molecule has 3 rings (SSSR count). The molecule has 0 saturated heterocycles. The number of halogens is 1. The molecular formula is C16H11ClN2O. The Morgan fingerprint density at radius 3 is 2.40 bits per heavy atom. The van der Waals surface area contributed by atoms with Gasteiger partial charge in [-0.15, -0.1) is 0 Å². The monoisotopic (exact) mass is 282 g/mol. The molecule has 0 fully saturated rings. The van der Waals surface area contributed by atoms with Crippen LogP contribution in [0.3, 0.4) is 0 Å². The van der Waals surface area contributed by atoms with Crippen LogP contribution in [0, 0.1) is 0 Å². The van der Waals surface area contributed by atoms with Crippen LogP contribution in [-0.4, -0.2) is 11.7 Å². The number of aliphatic imine (C=N–C) groups is 1. The zero-order valence-electron chi connectivity index (χ0n) is 10.5. The molecule has 0 radical (unpaired) electrons. The van der Waals surface area contributed by atoms with Gasteiger partial charge in [0, 0.05) is 10.6 Å². The predicted octanol–water partition coefficient (Wildman–Crippen LogP) is 3.26. The first-order valence-corrected chi connectivity index (χ1v) is 6.53. The molecule has 0 spiro atoms. The maximum atomic E-state index is 11.9. The van der Waals surface area contributed by atoms with Crippen molar-refractivity contribution in [2.45, 2.75) is 0 Å². The molecule has 0 aromatic heterocycles. The Morgan fingerprint density at radius 2 is 1.70 bits per heavy atom. The molecule has 1 amide bonds. The number of amides is 1. The average molecular weight is 283 g/mol. The third-order valence-electron chi connectivity index (χ3n) is 2.92. The summed E-state index contributed by atoms with van der Waals surface area (Å²) in [5.41, 5.74) is 2.18. The Labute approximate surface area is 121 Å². The van der Waals surface area contributed by atoms with Crippen molar-refractivity contribution < 1.29 is 4.79 Å². The minimum Gasteiger partial charge on any atom is -0.305 e. The highest BCUT2D eigenvalue weighted by Crippen LogP contribution is 2.16. The molecule has 2 aromatic carbocycles. The molecule has 0 bridgehead atoms. The van der Waals surface area contributed by atoms with E-state index in [1.807, 2.05) is 42.5 Å². The Balaban J connectivity index is 1.93. The lowest BCUT2D eigenvalue weighted by Crippen LogP contribution is -2.24. The molecular weight excluding hydrogens is 272 g/mol. The molecule has 1 N–H and O–H groups in total. The third kappa shape index (κ3) is 2.63. The van der Waals surface area contributed by atoms with Crippen LogP contribution in [-0.2, 0) is 4.79 Å². The summed E-state index contributed by atoms with van der Waals surface area (Å²) in [7, 11) is 0. The van der Waals surface area contributed by atoms with E-state index in [1.165, 1.54) is 0 Å². The standard InChI is InChI=1S/C16H11ClN2O/c17-13-8-6-12(7-9-13)15-18-14(16(20)19-15)10-11-4-2-1-3-5-11/h1-10H,(H,18,19,20). The zero-order chi connectivity index (χ0) is 13.9. The van der Waals surface area contributed by atoms with E-state index in [9.17, 15) is 4.79 Å². The van der Waals surface area contributed by atoms with Crippen LogP contribution in [0.1, 0.15) is 11.1 Å². The van der Waals surface area contributed by atoms with E-state index in [-0.39, 0.29) is 5.91 Å².